The average Bonchev–Trinajstić information content (AvgIpc) is 2.68. The zero-order valence-electron chi connectivity index (χ0n) is 15.5. The summed E-state index contributed by atoms with van der Waals surface area (Å²) in [4.78, 5) is 0. The molecule has 6 heteroatoms. The lowest BCUT2D eigenvalue weighted by Crippen LogP contribution is -2.13. The predicted molar refractivity (Wildman–Crippen MR) is 118 cm³/mol. The van der Waals surface area contributed by atoms with Crippen LogP contribution in [0.5, 0.6) is 11.5 Å². The topological polar surface area (TPSA) is 30.5 Å². The number of ether oxygens (including phenoxy) is 2. The van der Waals surface area contributed by atoms with Gasteiger partial charge in [0, 0.05) is 18.7 Å². The van der Waals surface area contributed by atoms with E-state index in [4.69, 9.17) is 32.7 Å². The van der Waals surface area contributed by atoms with Crippen LogP contribution in [0.2, 0.25) is 10.0 Å². The quantitative estimate of drug-likeness (QED) is 0.448. The zero-order chi connectivity index (χ0) is 19.1. The Labute approximate surface area is 182 Å². The lowest BCUT2D eigenvalue weighted by atomic mass is 10.1. The molecule has 0 saturated heterocycles. The van der Waals surface area contributed by atoms with Crippen molar-refractivity contribution in [1.82, 2.24) is 5.32 Å². The summed E-state index contributed by atoms with van der Waals surface area (Å²) in [5.41, 5.74) is 3.15. The summed E-state index contributed by atoms with van der Waals surface area (Å²) >= 11 is 12.8. The maximum atomic E-state index is 6.39. The fourth-order valence-electron chi connectivity index (χ4n) is 2.77. The molecule has 0 heterocycles. The van der Waals surface area contributed by atoms with Crippen LogP contribution in [0.1, 0.15) is 16.7 Å². The van der Waals surface area contributed by atoms with Gasteiger partial charge in [0.1, 0.15) is 12.4 Å². The van der Waals surface area contributed by atoms with Crippen molar-refractivity contribution in [2.24, 2.45) is 0 Å². The number of nitrogens with one attached hydrogen (secondary N) is 1. The van der Waals surface area contributed by atoms with E-state index in [1.807, 2.05) is 66.7 Å². The van der Waals surface area contributed by atoms with E-state index in [0.29, 0.717) is 35.5 Å². The largest absolute Gasteiger partial charge is 0.496 e. The molecule has 0 unspecified atom stereocenters. The Morgan fingerprint density at radius 3 is 2.14 bits per heavy atom. The maximum Gasteiger partial charge on any atom is 0.156 e. The Balaban J connectivity index is 0.00000280. The molecule has 28 heavy (non-hydrogen) atoms. The van der Waals surface area contributed by atoms with Crippen LogP contribution < -0.4 is 14.8 Å². The third-order valence-corrected chi connectivity index (χ3v) is 4.68. The van der Waals surface area contributed by atoms with Gasteiger partial charge >= 0.3 is 0 Å². The third kappa shape index (κ3) is 6.05. The van der Waals surface area contributed by atoms with E-state index in [-0.39, 0.29) is 12.4 Å². The van der Waals surface area contributed by atoms with Gasteiger partial charge in [0.2, 0.25) is 0 Å². The minimum atomic E-state index is 0. The van der Waals surface area contributed by atoms with Gasteiger partial charge in [-0.1, -0.05) is 71.7 Å². The molecule has 0 fully saturated rings. The highest BCUT2D eigenvalue weighted by atomic mass is 35.5. The van der Waals surface area contributed by atoms with Gasteiger partial charge in [0.05, 0.1) is 17.2 Å². The van der Waals surface area contributed by atoms with Gasteiger partial charge in [-0.05, 0) is 29.3 Å². The highest BCUT2D eigenvalue weighted by molar-refractivity contribution is 6.37. The van der Waals surface area contributed by atoms with Gasteiger partial charge in [-0.15, -0.1) is 12.4 Å². The summed E-state index contributed by atoms with van der Waals surface area (Å²) in [6, 6.07) is 21.6. The second-order valence-electron chi connectivity index (χ2n) is 6.08. The summed E-state index contributed by atoms with van der Waals surface area (Å²) in [5, 5.41) is 4.40. The van der Waals surface area contributed by atoms with Crippen LogP contribution >= 0.6 is 35.6 Å². The number of halogens is 3. The lowest BCUT2D eigenvalue weighted by Gasteiger charge is -2.13. The Kier molecular flexibility index (Phi) is 8.94. The van der Waals surface area contributed by atoms with Crippen LogP contribution in [0.15, 0.2) is 66.7 Å². The summed E-state index contributed by atoms with van der Waals surface area (Å²) in [6.45, 7) is 1.74. The first-order chi connectivity index (χ1) is 13.2. The van der Waals surface area contributed by atoms with E-state index in [0.717, 1.165) is 22.4 Å². The van der Waals surface area contributed by atoms with E-state index in [1.54, 1.807) is 7.11 Å². The minimum absolute atomic E-state index is 0. The van der Waals surface area contributed by atoms with Gasteiger partial charge in [-0.2, -0.15) is 0 Å². The first-order valence-electron chi connectivity index (χ1n) is 8.64. The molecule has 3 aromatic carbocycles. The predicted octanol–water partition coefficient (Wildman–Crippen LogP) is 6.29. The molecule has 0 bridgehead atoms. The Hall–Kier alpha value is -1.91. The Morgan fingerprint density at radius 1 is 0.821 bits per heavy atom. The van der Waals surface area contributed by atoms with Crippen LogP contribution in [0.25, 0.3) is 0 Å². The molecule has 148 valence electrons. The number of hydrogen-bond donors (Lipinski definition) is 1. The molecule has 3 nitrogen and oxygen atoms in total. The molecule has 0 aliphatic heterocycles. The molecule has 3 aromatic rings. The molecule has 0 aliphatic carbocycles. The smallest absolute Gasteiger partial charge is 0.156 e. The van der Waals surface area contributed by atoms with Crippen LogP contribution in [0.3, 0.4) is 0 Å². The van der Waals surface area contributed by atoms with E-state index in [2.05, 4.69) is 5.32 Å². The minimum Gasteiger partial charge on any atom is -0.496 e. The molecule has 0 saturated carbocycles. The fourth-order valence-corrected chi connectivity index (χ4v) is 3.41. The van der Waals surface area contributed by atoms with Crippen LogP contribution in [0.4, 0.5) is 0 Å². The van der Waals surface area contributed by atoms with Gasteiger partial charge in [0.25, 0.3) is 0 Å². The van der Waals surface area contributed by atoms with Gasteiger partial charge in [-0.25, -0.2) is 0 Å². The monoisotopic (exact) mass is 437 g/mol. The maximum absolute atomic E-state index is 6.39. The molecule has 0 aliphatic rings. The first-order valence-corrected chi connectivity index (χ1v) is 9.40. The van der Waals surface area contributed by atoms with Crippen molar-refractivity contribution in [3.05, 3.63) is 93.5 Å². The van der Waals surface area contributed by atoms with Crippen LogP contribution in [-0.2, 0) is 19.7 Å². The molecule has 0 spiro atoms. The number of hydrogen-bond acceptors (Lipinski definition) is 3. The fraction of sp³-hybridized carbons (Fsp3) is 0.182. The Bertz CT molecular complexity index is 865. The molecule has 0 atom stereocenters. The summed E-state index contributed by atoms with van der Waals surface area (Å²) in [7, 11) is 1.67. The van der Waals surface area contributed by atoms with Crippen molar-refractivity contribution in [2.45, 2.75) is 19.7 Å². The number of benzene rings is 3. The van der Waals surface area contributed by atoms with E-state index >= 15 is 0 Å². The summed E-state index contributed by atoms with van der Waals surface area (Å²) in [6.07, 6.45) is 0. The van der Waals surface area contributed by atoms with E-state index in [1.165, 1.54) is 0 Å². The number of methoxy groups -OCH3 is 1. The number of rotatable bonds is 8. The average molecular weight is 439 g/mol. The zero-order valence-corrected chi connectivity index (χ0v) is 17.8. The molecule has 1 N–H and O–H groups in total. The van der Waals surface area contributed by atoms with Crippen molar-refractivity contribution in [1.29, 1.82) is 0 Å². The molecular formula is C22H22Cl3NO2. The molecular weight excluding hydrogens is 417 g/mol. The van der Waals surface area contributed by atoms with Gasteiger partial charge < -0.3 is 14.8 Å². The standard InChI is InChI=1S/C22H21Cl2NO2.ClH/c1-26-21-10-6-5-9-18(21)14-25-13-17-11-19(23)22(20(24)12-17)27-15-16-7-3-2-4-8-16;/h2-12,25H,13-15H2,1H3;1H. The summed E-state index contributed by atoms with van der Waals surface area (Å²) in [5.74, 6) is 1.38. The van der Waals surface area contributed by atoms with E-state index in [9.17, 15) is 0 Å². The molecule has 0 aromatic heterocycles. The van der Waals surface area contributed by atoms with Crippen molar-refractivity contribution in [3.63, 3.8) is 0 Å². The SMILES string of the molecule is COc1ccccc1CNCc1cc(Cl)c(OCc2ccccc2)c(Cl)c1.Cl. The molecule has 0 radical (unpaired) electrons. The molecule has 0 amide bonds. The second kappa shape index (κ2) is 11.2. The van der Waals surface area contributed by atoms with Crippen molar-refractivity contribution >= 4 is 35.6 Å². The second-order valence-corrected chi connectivity index (χ2v) is 6.89. The highest BCUT2D eigenvalue weighted by Gasteiger charge is 2.10. The normalized spacial score (nSPS) is 10.2. The van der Waals surface area contributed by atoms with Crippen LogP contribution in [-0.4, -0.2) is 7.11 Å². The van der Waals surface area contributed by atoms with E-state index < -0.39 is 0 Å². The van der Waals surface area contributed by atoms with Gasteiger partial charge in [-0.3, -0.25) is 0 Å². The number of para-hydroxylation sites is 1. The first kappa shape index (κ1) is 22.4. The lowest BCUT2D eigenvalue weighted by molar-refractivity contribution is 0.306. The summed E-state index contributed by atoms with van der Waals surface area (Å²) < 4.78 is 11.2. The third-order valence-electron chi connectivity index (χ3n) is 4.12. The van der Waals surface area contributed by atoms with Gasteiger partial charge in [0.15, 0.2) is 5.75 Å². The van der Waals surface area contributed by atoms with Crippen molar-refractivity contribution in [3.8, 4) is 11.5 Å². The van der Waals surface area contributed by atoms with Crippen molar-refractivity contribution in [2.75, 3.05) is 7.11 Å². The van der Waals surface area contributed by atoms with Crippen molar-refractivity contribution < 1.29 is 9.47 Å². The van der Waals surface area contributed by atoms with Crippen LogP contribution in [0, 0.1) is 0 Å². The highest BCUT2D eigenvalue weighted by Crippen LogP contribution is 2.34. The molecule has 3 rings (SSSR count). The Morgan fingerprint density at radius 2 is 1.46 bits per heavy atom.